The highest BCUT2D eigenvalue weighted by Crippen LogP contribution is 2.10. The van der Waals surface area contributed by atoms with E-state index in [0.29, 0.717) is 5.56 Å². The second kappa shape index (κ2) is 7.28. The molecule has 18 heavy (non-hydrogen) atoms. The van der Waals surface area contributed by atoms with Crippen LogP contribution in [0.2, 0.25) is 0 Å². The predicted molar refractivity (Wildman–Crippen MR) is 75.0 cm³/mol. The monoisotopic (exact) mass is 268 g/mol. The minimum absolute atomic E-state index is 0.400. The lowest BCUT2D eigenvalue weighted by Gasteiger charge is -2.08. The number of nitrogens with two attached hydrogens (primary N) is 1. The zero-order valence-corrected chi connectivity index (χ0v) is 11.7. The first kappa shape index (κ1) is 14.9. The number of primary amides is 1. The Hall–Kier alpha value is -1.20. The fourth-order valence-corrected chi connectivity index (χ4v) is 2.22. The van der Waals surface area contributed by atoms with Gasteiger partial charge in [0.25, 0.3) is 0 Å². The second-order valence-corrected chi connectivity index (χ2v) is 5.87. The van der Waals surface area contributed by atoms with Gasteiger partial charge in [-0.15, -0.1) is 0 Å². The Balaban J connectivity index is 2.43. The number of carbonyl (C=O) groups excluding carboxylic acids is 1. The number of rotatable bonds is 7. The summed E-state index contributed by atoms with van der Waals surface area (Å²) >= 11 is 0. The fraction of sp³-hybridized carbons (Fsp3) is 0.462. The summed E-state index contributed by atoms with van der Waals surface area (Å²) < 4.78 is 10.9. The number of carbonyl (C=O) groups is 1. The van der Waals surface area contributed by atoms with E-state index in [2.05, 4.69) is 5.32 Å². The molecule has 0 fully saturated rings. The van der Waals surface area contributed by atoms with Crippen molar-refractivity contribution in [2.45, 2.75) is 19.9 Å². The molecular formula is C13H20N2O2S. The molecule has 1 unspecified atom stereocenters. The summed E-state index contributed by atoms with van der Waals surface area (Å²) in [5.41, 5.74) is 7.96. The Morgan fingerprint density at radius 3 is 2.72 bits per heavy atom. The SMILES string of the molecule is Cc1cc(C(N)=O)ccc1CNCCCS(C)=O. The van der Waals surface area contributed by atoms with E-state index >= 15 is 0 Å². The molecule has 0 saturated carbocycles. The van der Waals surface area contributed by atoms with Gasteiger partial charge in [-0.2, -0.15) is 0 Å². The standard InChI is InChI=1S/C13H20N2O2S/c1-10-8-11(13(14)16)4-5-12(10)9-15-6-3-7-18(2)17/h4-5,8,15H,3,6-7,9H2,1-2H3,(H2,14,16). The molecule has 4 nitrogen and oxygen atoms in total. The summed E-state index contributed by atoms with van der Waals surface area (Å²) in [7, 11) is -0.718. The highest BCUT2D eigenvalue weighted by atomic mass is 32.2. The molecule has 0 radical (unpaired) electrons. The highest BCUT2D eigenvalue weighted by Gasteiger charge is 2.03. The molecule has 5 heteroatoms. The van der Waals surface area contributed by atoms with Crippen LogP contribution in [0.25, 0.3) is 0 Å². The molecule has 0 aliphatic carbocycles. The fourth-order valence-electron chi connectivity index (χ4n) is 1.67. The van der Waals surface area contributed by atoms with Gasteiger partial charge in [-0.3, -0.25) is 9.00 Å². The molecule has 1 amide bonds. The molecule has 100 valence electrons. The lowest BCUT2D eigenvalue weighted by Crippen LogP contribution is -2.18. The lowest BCUT2D eigenvalue weighted by atomic mass is 10.0. The molecule has 0 saturated heterocycles. The largest absolute Gasteiger partial charge is 0.366 e. The van der Waals surface area contributed by atoms with Gasteiger partial charge in [-0.25, -0.2) is 0 Å². The van der Waals surface area contributed by atoms with Crippen molar-refractivity contribution in [1.82, 2.24) is 5.32 Å². The van der Waals surface area contributed by atoms with Gasteiger partial charge >= 0.3 is 0 Å². The minimum atomic E-state index is -0.718. The maximum absolute atomic E-state index is 11.0. The Labute approximate surface area is 110 Å². The molecule has 0 spiro atoms. The van der Waals surface area contributed by atoms with E-state index < -0.39 is 16.7 Å². The molecule has 1 rings (SSSR count). The lowest BCUT2D eigenvalue weighted by molar-refractivity contribution is 0.1000. The van der Waals surface area contributed by atoms with Gasteiger partial charge < -0.3 is 11.1 Å². The summed E-state index contributed by atoms with van der Waals surface area (Å²) in [4.78, 5) is 11.0. The summed E-state index contributed by atoms with van der Waals surface area (Å²) in [6.45, 7) is 3.56. The molecule has 0 heterocycles. The number of aryl methyl sites for hydroxylation is 1. The van der Waals surface area contributed by atoms with Crippen LogP contribution in [0.4, 0.5) is 0 Å². The van der Waals surface area contributed by atoms with Crippen molar-refractivity contribution >= 4 is 16.7 Å². The summed E-state index contributed by atoms with van der Waals surface area (Å²) in [5, 5.41) is 3.30. The molecular weight excluding hydrogens is 248 g/mol. The van der Waals surface area contributed by atoms with E-state index in [9.17, 15) is 9.00 Å². The average molecular weight is 268 g/mol. The number of hydrogen-bond donors (Lipinski definition) is 2. The third kappa shape index (κ3) is 4.98. The Kier molecular flexibility index (Phi) is 6.01. The van der Waals surface area contributed by atoms with E-state index in [1.165, 1.54) is 0 Å². The Morgan fingerprint density at radius 1 is 1.44 bits per heavy atom. The first-order chi connectivity index (χ1) is 8.50. The normalized spacial score (nSPS) is 12.3. The van der Waals surface area contributed by atoms with Crippen molar-refractivity contribution in [3.63, 3.8) is 0 Å². The number of benzene rings is 1. The van der Waals surface area contributed by atoms with E-state index in [4.69, 9.17) is 5.73 Å². The maximum Gasteiger partial charge on any atom is 0.248 e. The predicted octanol–water partition coefficient (Wildman–Crippen LogP) is 0.952. The van der Waals surface area contributed by atoms with Crippen LogP contribution in [-0.2, 0) is 17.3 Å². The van der Waals surface area contributed by atoms with Crippen molar-refractivity contribution in [3.05, 3.63) is 34.9 Å². The summed E-state index contributed by atoms with van der Waals surface area (Å²) in [6, 6.07) is 5.47. The minimum Gasteiger partial charge on any atom is -0.366 e. The molecule has 1 aromatic rings. The third-order valence-electron chi connectivity index (χ3n) is 2.73. The third-order valence-corrected chi connectivity index (χ3v) is 3.59. The molecule has 0 aromatic heterocycles. The van der Waals surface area contributed by atoms with Gasteiger partial charge in [-0.1, -0.05) is 6.07 Å². The van der Waals surface area contributed by atoms with Crippen LogP contribution in [0.3, 0.4) is 0 Å². The van der Waals surface area contributed by atoms with Gasteiger partial charge in [0.05, 0.1) is 0 Å². The first-order valence-electron chi connectivity index (χ1n) is 5.91. The van der Waals surface area contributed by atoms with E-state index in [0.717, 1.165) is 36.4 Å². The smallest absolute Gasteiger partial charge is 0.248 e. The number of hydrogen-bond acceptors (Lipinski definition) is 3. The molecule has 0 aliphatic rings. The summed E-state index contributed by atoms with van der Waals surface area (Å²) in [5.74, 6) is 0.329. The number of nitrogens with one attached hydrogen (secondary N) is 1. The average Bonchev–Trinajstić information content (AvgIpc) is 2.29. The van der Waals surface area contributed by atoms with Crippen molar-refractivity contribution < 1.29 is 9.00 Å². The van der Waals surface area contributed by atoms with E-state index in [-0.39, 0.29) is 0 Å². The quantitative estimate of drug-likeness (QED) is 0.723. The first-order valence-corrected chi connectivity index (χ1v) is 7.63. The van der Waals surface area contributed by atoms with E-state index in [1.807, 2.05) is 13.0 Å². The molecule has 1 atom stereocenters. The molecule has 1 aromatic carbocycles. The van der Waals surface area contributed by atoms with Crippen LogP contribution in [0.15, 0.2) is 18.2 Å². The van der Waals surface area contributed by atoms with Gasteiger partial charge in [0, 0.05) is 34.9 Å². The summed E-state index contributed by atoms with van der Waals surface area (Å²) in [6.07, 6.45) is 2.62. The molecule has 3 N–H and O–H groups in total. The van der Waals surface area contributed by atoms with Crippen molar-refractivity contribution in [2.75, 3.05) is 18.6 Å². The van der Waals surface area contributed by atoms with Gasteiger partial charge in [0.1, 0.15) is 0 Å². The maximum atomic E-state index is 11.0. The highest BCUT2D eigenvalue weighted by molar-refractivity contribution is 7.84. The van der Waals surface area contributed by atoms with Crippen LogP contribution in [-0.4, -0.2) is 28.7 Å². The van der Waals surface area contributed by atoms with Crippen LogP contribution < -0.4 is 11.1 Å². The van der Waals surface area contributed by atoms with Crippen LogP contribution in [0.1, 0.15) is 27.9 Å². The van der Waals surface area contributed by atoms with Crippen molar-refractivity contribution in [1.29, 1.82) is 0 Å². The number of amides is 1. The van der Waals surface area contributed by atoms with Crippen LogP contribution in [0.5, 0.6) is 0 Å². The van der Waals surface area contributed by atoms with Crippen molar-refractivity contribution in [3.8, 4) is 0 Å². The van der Waals surface area contributed by atoms with Gasteiger partial charge in [0.15, 0.2) is 0 Å². The van der Waals surface area contributed by atoms with Gasteiger partial charge in [0.2, 0.25) is 5.91 Å². The molecule has 0 bridgehead atoms. The van der Waals surface area contributed by atoms with Crippen LogP contribution >= 0.6 is 0 Å². The van der Waals surface area contributed by atoms with Crippen molar-refractivity contribution in [2.24, 2.45) is 5.73 Å². The molecule has 0 aliphatic heterocycles. The zero-order valence-electron chi connectivity index (χ0n) is 10.9. The van der Waals surface area contributed by atoms with Crippen LogP contribution in [0, 0.1) is 6.92 Å². The van der Waals surface area contributed by atoms with Gasteiger partial charge in [-0.05, 0) is 43.1 Å². The second-order valence-electron chi connectivity index (χ2n) is 4.31. The zero-order chi connectivity index (χ0) is 13.5. The van der Waals surface area contributed by atoms with E-state index in [1.54, 1.807) is 18.4 Å². The topological polar surface area (TPSA) is 72.2 Å². The Morgan fingerprint density at radius 2 is 2.17 bits per heavy atom. The Bertz CT molecular complexity index is 447.